The van der Waals surface area contributed by atoms with Gasteiger partial charge in [-0.2, -0.15) is 5.26 Å². The van der Waals surface area contributed by atoms with Gasteiger partial charge in [0.2, 0.25) is 0 Å². The zero-order valence-corrected chi connectivity index (χ0v) is 30.6. The van der Waals surface area contributed by atoms with E-state index >= 15 is 0 Å². The van der Waals surface area contributed by atoms with Gasteiger partial charge in [0.05, 0.1) is 32.0 Å². The largest absolute Gasteiger partial charge is 0.407 e. The number of nitrogens with one attached hydrogen (secondary N) is 1. The molecule has 15 heteroatoms. The van der Waals surface area contributed by atoms with Gasteiger partial charge < -0.3 is 28.6 Å². The number of carbonyl (C=O) groups is 1. The Morgan fingerprint density at radius 2 is 1.83 bits per heavy atom. The van der Waals surface area contributed by atoms with Gasteiger partial charge in [0.25, 0.3) is 14.4 Å². The lowest BCUT2D eigenvalue weighted by Gasteiger charge is -2.40. The fourth-order valence-corrected chi connectivity index (χ4v) is 7.98. The summed E-state index contributed by atoms with van der Waals surface area (Å²) in [5.41, 5.74) is 1.27. The van der Waals surface area contributed by atoms with Crippen molar-refractivity contribution >= 4 is 39.7 Å². The molecule has 1 amide bonds. The van der Waals surface area contributed by atoms with E-state index in [2.05, 4.69) is 92.6 Å². The monoisotopic (exact) mass is 685 g/mol. The van der Waals surface area contributed by atoms with Crippen molar-refractivity contribution in [2.24, 2.45) is 0 Å². The number of rotatable bonds is 14. The number of anilines is 1. The third-order valence-electron chi connectivity index (χ3n) is 8.46. The molecular weight excluding hydrogens is 637 g/mol. The number of ether oxygens (including phenoxy) is 1. The summed E-state index contributed by atoms with van der Waals surface area (Å²) in [5.74, 6) is -0.0696. The van der Waals surface area contributed by atoms with Crippen molar-refractivity contribution in [1.82, 2.24) is 24.2 Å². The van der Waals surface area contributed by atoms with Crippen LogP contribution in [0.15, 0.2) is 43.0 Å². The molecule has 4 rings (SSSR count). The predicted octanol–water partition coefficient (Wildman–Crippen LogP) is 6.02. The number of aliphatic hydroxyl groups excluding tert-OH is 1. The molecule has 47 heavy (non-hydrogen) atoms. The van der Waals surface area contributed by atoms with E-state index in [1.807, 2.05) is 6.07 Å². The van der Waals surface area contributed by atoms with Crippen LogP contribution in [0.4, 0.5) is 5.82 Å². The lowest BCUT2D eigenvalue weighted by Crippen LogP contribution is -2.48. The molecule has 3 heterocycles. The van der Waals surface area contributed by atoms with Gasteiger partial charge in [-0.15, -0.1) is 0 Å². The van der Waals surface area contributed by atoms with Gasteiger partial charge >= 0.3 is 0 Å². The number of hydrogen-bond donors (Lipinski definition) is 2. The Hall–Kier alpha value is -2.86. The van der Waals surface area contributed by atoms with Crippen LogP contribution in [0.5, 0.6) is 0 Å². The topological polar surface area (TPSA) is 157 Å². The van der Waals surface area contributed by atoms with Gasteiger partial charge in [0.1, 0.15) is 24.6 Å². The molecule has 2 N–H and O–H groups in total. The van der Waals surface area contributed by atoms with Crippen molar-refractivity contribution < 1.29 is 28.1 Å². The molecule has 5 atom stereocenters. The molecule has 1 aromatic carbocycles. The molecule has 1 aliphatic heterocycles. The molecular formula is C32H48N7O6PSi. The molecule has 2 aromatic heterocycles. The van der Waals surface area contributed by atoms with Gasteiger partial charge in [-0.3, -0.25) is 9.36 Å². The van der Waals surface area contributed by atoms with E-state index in [9.17, 15) is 9.90 Å². The summed E-state index contributed by atoms with van der Waals surface area (Å²) in [5, 5.41) is 23.6. The minimum absolute atomic E-state index is 0.0310. The first-order valence-corrected chi connectivity index (χ1v) is 20.0. The van der Waals surface area contributed by atoms with Crippen molar-refractivity contribution in [3.8, 4) is 6.07 Å². The van der Waals surface area contributed by atoms with Gasteiger partial charge in [-0.25, -0.2) is 19.6 Å². The molecule has 0 saturated carbocycles. The minimum Gasteiger partial charge on any atom is -0.407 e. The summed E-state index contributed by atoms with van der Waals surface area (Å²) in [6.45, 7) is 19.2. The first kappa shape index (κ1) is 37.0. The normalized spacial score (nSPS) is 21.1. The second-order valence-corrected chi connectivity index (χ2v) is 19.8. The van der Waals surface area contributed by atoms with Crippen LogP contribution < -0.4 is 5.32 Å². The zero-order chi connectivity index (χ0) is 34.5. The maximum atomic E-state index is 12.9. The highest BCUT2D eigenvalue weighted by atomic mass is 31.2. The standard InChI is InChI=1S/C32H48N7O6PSi/c1-21(2)39(22(3)4)46(42-17-13-16-33)43-18-24-26(40)27(45-47(8,9)32(5,6)7)31(44-24)38-20-36-25-28(34-19-35-29(25)38)37-30(41)23-14-11-10-12-15-23/h10-12,14-15,19-22,24,26-27,31,40H,13,17-18H2,1-9H3,(H,34,35,37,41)/t24-,26-,27-,31-,46?/m1/s1. The summed E-state index contributed by atoms with van der Waals surface area (Å²) in [7, 11) is -3.96. The van der Waals surface area contributed by atoms with Crippen LogP contribution in [-0.4, -0.2) is 87.1 Å². The smallest absolute Gasteiger partial charge is 0.259 e. The molecule has 3 aromatic rings. The minimum atomic E-state index is -2.41. The average Bonchev–Trinajstić information content (AvgIpc) is 3.56. The summed E-state index contributed by atoms with van der Waals surface area (Å²) in [4.78, 5) is 26.3. The highest BCUT2D eigenvalue weighted by Crippen LogP contribution is 2.48. The third-order valence-corrected chi connectivity index (χ3v) is 15.0. The van der Waals surface area contributed by atoms with Crippen LogP contribution in [0.1, 0.15) is 71.5 Å². The molecule has 1 saturated heterocycles. The van der Waals surface area contributed by atoms with Crippen LogP contribution in [0, 0.1) is 11.3 Å². The lowest BCUT2D eigenvalue weighted by molar-refractivity contribution is -0.0476. The van der Waals surface area contributed by atoms with E-state index in [0.29, 0.717) is 16.7 Å². The number of aliphatic hydroxyl groups is 1. The van der Waals surface area contributed by atoms with Crippen LogP contribution in [0.2, 0.25) is 18.1 Å². The highest BCUT2D eigenvalue weighted by Gasteiger charge is 2.51. The van der Waals surface area contributed by atoms with Gasteiger partial charge in [-0.1, -0.05) is 39.0 Å². The Labute approximate surface area is 279 Å². The maximum absolute atomic E-state index is 12.9. The molecule has 0 aliphatic carbocycles. The number of nitrogens with zero attached hydrogens (tertiary/aromatic N) is 6. The van der Waals surface area contributed by atoms with Crippen molar-refractivity contribution in [3.05, 3.63) is 48.5 Å². The van der Waals surface area contributed by atoms with Crippen LogP contribution >= 0.6 is 8.53 Å². The Balaban J connectivity index is 1.65. The first-order chi connectivity index (χ1) is 22.2. The van der Waals surface area contributed by atoms with E-state index in [4.69, 9.17) is 23.5 Å². The van der Waals surface area contributed by atoms with Gasteiger partial charge in [0.15, 0.2) is 31.5 Å². The maximum Gasteiger partial charge on any atom is 0.259 e. The Bertz CT molecular complexity index is 1520. The van der Waals surface area contributed by atoms with Crippen molar-refractivity contribution in [2.75, 3.05) is 18.5 Å². The zero-order valence-electron chi connectivity index (χ0n) is 28.7. The molecule has 0 spiro atoms. The second kappa shape index (κ2) is 15.6. The summed E-state index contributed by atoms with van der Waals surface area (Å²) >= 11 is 0. The number of aromatic nitrogens is 4. The Morgan fingerprint density at radius 3 is 2.45 bits per heavy atom. The number of imidazole rings is 1. The van der Waals surface area contributed by atoms with Gasteiger partial charge in [0, 0.05) is 17.6 Å². The predicted molar refractivity (Wildman–Crippen MR) is 183 cm³/mol. The van der Waals surface area contributed by atoms with Crippen LogP contribution in [-0.2, 0) is 18.2 Å². The van der Waals surface area contributed by atoms with E-state index in [1.165, 1.54) is 6.33 Å². The van der Waals surface area contributed by atoms with Crippen molar-refractivity contribution in [1.29, 1.82) is 5.26 Å². The molecule has 0 radical (unpaired) electrons. The molecule has 13 nitrogen and oxygen atoms in total. The molecule has 1 aliphatic rings. The fraction of sp³-hybridized carbons (Fsp3) is 0.594. The lowest BCUT2D eigenvalue weighted by atomic mass is 10.1. The Kier molecular flexibility index (Phi) is 12.2. The fourth-order valence-electron chi connectivity index (χ4n) is 5.07. The van der Waals surface area contributed by atoms with Crippen molar-refractivity contribution in [3.63, 3.8) is 0 Å². The number of amides is 1. The number of fused-ring (bicyclic) bond motifs is 1. The number of hydrogen-bond acceptors (Lipinski definition) is 11. The quantitative estimate of drug-likeness (QED) is 0.116. The first-order valence-electron chi connectivity index (χ1n) is 15.9. The number of carbonyl (C=O) groups excluding carboxylic acids is 1. The van der Waals surface area contributed by atoms with Crippen LogP contribution in [0.3, 0.4) is 0 Å². The van der Waals surface area contributed by atoms with E-state index in [1.54, 1.807) is 35.2 Å². The van der Waals surface area contributed by atoms with E-state index in [0.717, 1.165) is 0 Å². The number of nitriles is 1. The van der Waals surface area contributed by atoms with Crippen molar-refractivity contribution in [2.45, 2.75) is 110 Å². The van der Waals surface area contributed by atoms with Gasteiger partial charge in [-0.05, 0) is 58.0 Å². The van der Waals surface area contributed by atoms with E-state index < -0.39 is 41.4 Å². The summed E-state index contributed by atoms with van der Waals surface area (Å²) in [6, 6.07) is 11.2. The van der Waals surface area contributed by atoms with E-state index in [-0.39, 0.29) is 48.5 Å². The molecule has 1 unspecified atom stereocenters. The van der Waals surface area contributed by atoms with Crippen LogP contribution in [0.25, 0.3) is 11.2 Å². The molecule has 0 bridgehead atoms. The third kappa shape index (κ3) is 8.60. The number of benzene rings is 1. The Morgan fingerprint density at radius 1 is 1.15 bits per heavy atom. The summed E-state index contributed by atoms with van der Waals surface area (Å²) in [6.07, 6.45) is -0.224. The molecule has 1 fully saturated rings. The molecule has 256 valence electrons. The average molecular weight is 686 g/mol. The summed E-state index contributed by atoms with van der Waals surface area (Å²) < 4.78 is 29.6. The SMILES string of the molecule is CC(C)N(C(C)C)P(OCCC#N)OC[C@H]1O[C@@H](n2cnc3c(NC(=O)c4ccccc4)ncnc32)[C@H](O[Si](C)(C)C(C)(C)C)[C@@H]1O. The highest BCUT2D eigenvalue weighted by molar-refractivity contribution is 7.44. The second-order valence-electron chi connectivity index (χ2n) is 13.6.